The van der Waals surface area contributed by atoms with Gasteiger partial charge in [-0.2, -0.15) is 0 Å². The Morgan fingerprint density at radius 3 is 2.72 bits per heavy atom. The highest BCUT2D eigenvalue weighted by Gasteiger charge is 2.41. The van der Waals surface area contributed by atoms with Crippen molar-refractivity contribution >= 4 is 5.97 Å². The minimum Gasteiger partial charge on any atom is -0.468 e. The van der Waals surface area contributed by atoms with E-state index in [0.717, 1.165) is 29.6 Å². The van der Waals surface area contributed by atoms with Crippen LogP contribution in [0.25, 0.3) is 0 Å². The van der Waals surface area contributed by atoms with Crippen LogP contribution >= 0.6 is 0 Å². The van der Waals surface area contributed by atoms with Crippen molar-refractivity contribution in [2.45, 2.75) is 83.5 Å². The third kappa shape index (κ3) is 7.37. The summed E-state index contributed by atoms with van der Waals surface area (Å²) in [5.41, 5.74) is 2.45. The number of cyclic esters (lactones) is 1. The lowest BCUT2D eigenvalue weighted by Gasteiger charge is -2.28. The molecule has 0 bridgehead atoms. The maximum atomic E-state index is 11.3. The molecule has 1 aliphatic rings. The van der Waals surface area contributed by atoms with Crippen LogP contribution < -0.4 is 4.74 Å². The zero-order valence-electron chi connectivity index (χ0n) is 17.9. The summed E-state index contributed by atoms with van der Waals surface area (Å²) in [6.45, 7) is 5.75. The van der Waals surface area contributed by atoms with Gasteiger partial charge in [-0.05, 0) is 64.9 Å². The number of allylic oxidation sites excluding steroid dienone is 2. The lowest BCUT2D eigenvalue weighted by Crippen LogP contribution is -2.39. The average Bonchev–Trinajstić information content (AvgIpc) is 3.26. The topological polar surface area (TPSA) is 89.1 Å². The van der Waals surface area contributed by atoms with Gasteiger partial charge in [-0.3, -0.25) is 4.79 Å². The molecule has 0 amide bonds. The largest absolute Gasteiger partial charge is 0.468 e. The minimum atomic E-state index is -0.783. The number of hydrogen-bond acceptors (Lipinski definition) is 6. The summed E-state index contributed by atoms with van der Waals surface area (Å²) < 4.78 is 15.5. The van der Waals surface area contributed by atoms with E-state index in [-0.39, 0.29) is 5.97 Å². The molecule has 0 aromatic carbocycles. The number of carbonyl (C=O) groups excluding carboxylic acids is 1. The van der Waals surface area contributed by atoms with Crippen LogP contribution in [0.3, 0.4) is 0 Å². The molecule has 2 rings (SSSR count). The van der Waals surface area contributed by atoms with Crippen molar-refractivity contribution in [3.8, 4) is 5.95 Å². The molecule has 1 aromatic heterocycles. The lowest BCUT2D eigenvalue weighted by molar-refractivity contribution is -0.156. The zero-order valence-corrected chi connectivity index (χ0v) is 17.9. The van der Waals surface area contributed by atoms with E-state index in [1.807, 2.05) is 26.0 Å². The molecule has 1 unspecified atom stereocenters. The van der Waals surface area contributed by atoms with Crippen molar-refractivity contribution < 1.29 is 28.9 Å². The second-order valence-corrected chi connectivity index (χ2v) is 8.19. The van der Waals surface area contributed by atoms with E-state index in [9.17, 15) is 15.0 Å². The maximum absolute atomic E-state index is 11.3. The molecule has 1 fully saturated rings. The molecule has 1 saturated heterocycles. The number of furan rings is 1. The quantitative estimate of drug-likeness (QED) is 0.425. The summed E-state index contributed by atoms with van der Waals surface area (Å²) in [5.74, 6) is 0.269. The van der Waals surface area contributed by atoms with E-state index in [4.69, 9.17) is 13.9 Å². The predicted molar refractivity (Wildman–Crippen MR) is 111 cm³/mol. The summed E-state index contributed by atoms with van der Waals surface area (Å²) in [4.78, 5) is 11.3. The van der Waals surface area contributed by atoms with E-state index in [0.29, 0.717) is 38.1 Å². The molecule has 0 saturated carbocycles. The molecule has 2 N–H and O–H groups in total. The SMILES string of the molecule is COc1cc(CC/C=C(\C)CC(O)/C=C(\C)CC[C@@H](O)[C@]2(C)CCC(=O)O2)co1. The fourth-order valence-electron chi connectivity index (χ4n) is 3.58. The van der Waals surface area contributed by atoms with Gasteiger partial charge in [0.25, 0.3) is 5.95 Å². The Hall–Kier alpha value is -2.05. The second kappa shape index (κ2) is 10.6. The van der Waals surface area contributed by atoms with Crippen molar-refractivity contribution in [2.75, 3.05) is 7.11 Å². The monoisotopic (exact) mass is 406 g/mol. The van der Waals surface area contributed by atoms with Gasteiger partial charge in [-0.25, -0.2) is 0 Å². The molecule has 29 heavy (non-hydrogen) atoms. The molecule has 0 spiro atoms. The van der Waals surface area contributed by atoms with E-state index < -0.39 is 17.8 Å². The van der Waals surface area contributed by atoms with Crippen molar-refractivity contribution in [3.63, 3.8) is 0 Å². The standard InChI is InChI=1S/C23H34O6/c1-16(6-5-7-18-14-22(27-4)28-15-18)12-19(24)13-17(2)8-9-20(25)23(3)11-10-21(26)29-23/h6,13-15,19-20,24-25H,5,7-12H2,1-4H3/b16-6+,17-13+/t19?,20-,23+/m1/s1. The Balaban J connectivity index is 1.73. The number of hydrogen-bond donors (Lipinski definition) is 2. The number of carbonyl (C=O) groups is 1. The van der Waals surface area contributed by atoms with Gasteiger partial charge in [0.05, 0.1) is 25.6 Å². The Morgan fingerprint density at radius 2 is 2.10 bits per heavy atom. The van der Waals surface area contributed by atoms with Crippen molar-refractivity contribution in [1.82, 2.24) is 0 Å². The third-order valence-corrected chi connectivity index (χ3v) is 5.45. The number of methoxy groups -OCH3 is 1. The number of aliphatic hydroxyl groups excluding tert-OH is 2. The van der Waals surface area contributed by atoms with Gasteiger partial charge in [0, 0.05) is 12.5 Å². The second-order valence-electron chi connectivity index (χ2n) is 8.19. The molecular formula is C23H34O6. The van der Waals surface area contributed by atoms with Crippen molar-refractivity contribution in [2.24, 2.45) is 0 Å². The number of rotatable bonds is 11. The molecule has 1 aromatic rings. The van der Waals surface area contributed by atoms with E-state index in [1.165, 1.54) is 0 Å². The first kappa shape index (κ1) is 23.2. The molecule has 6 heteroatoms. The van der Waals surface area contributed by atoms with Crippen LogP contribution in [0.1, 0.15) is 64.9 Å². The van der Waals surface area contributed by atoms with Gasteiger partial charge in [0.2, 0.25) is 0 Å². The van der Waals surface area contributed by atoms with Gasteiger partial charge < -0.3 is 24.1 Å². The third-order valence-electron chi connectivity index (χ3n) is 5.45. The Morgan fingerprint density at radius 1 is 1.34 bits per heavy atom. The van der Waals surface area contributed by atoms with Crippen LogP contribution in [0, 0.1) is 0 Å². The summed E-state index contributed by atoms with van der Waals surface area (Å²) in [6, 6.07) is 1.88. The fraction of sp³-hybridized carbons (Fsp3) is 0.609. The zero-order chi connectivity index (χ0) is 21.4. The van der Waals surface area contributed by atoms with Gasteiger partial charge >= 0.3 is 5.97 Å². The number of esters is 1. The first-order chi connectivity index (χ1) is 13.7. The minimum absolute atomic E-state index is 0.247. The van der Waals surface area contributed by atoms with Crippen molar-refractivity contribution in [1.29, 1.82) is 0 Å². The molecule has 0 radical (unpaired) electrons. The number of aliphatic hydroxyl groups is 2. The normalized spacial score (nSPS) is 22.5. The molecular weight excluding hydrogens is 372 g/mol. The summed E-state index contributed by atoms with van der Waals surface area (Å²) in [5, 5.41) is 20.7. The highest BCUT2D eigenvalue weighted by molar-refractivity contribution is 5.72. The molecule has 0 aliphatic carbocycles. The summed E-state index contributed by atoms with van der Waals surface area (Å²) in [7, 11) is 1.58. The van der Waals surface area contributed by atoms with Crippen LogP contribution in [0.15, 0.2) is 40.0 Å². The molecule has 2 heterocycles. The van der Waals surface area contributed by atoms with Crippen LogP contribution in [0.2, 0.25) is 0 Å². The first-order valence-corrected chi connectivity index (χ1v) is 10.2. The average molecular weight is 407 g/mol. The first-order valence-electron chi connectivity index (χ1n) is 10.2. The molecule has 3 atom stereocenters. The Bertz CT molecular complexity index is 731. The van der Waals surface area contributed by atoms with Gasteiger partial charge in [-0.1, -0.05) is 23.3 Å². The van der Waals surface area contributed by atoms with Crippen LogP contribution in [-0.2, 0) is 16.0 Å². The Kier molecular flexibility index (Phi) is 8.53. The van der Waals surface area contributed by atoms with Gasteiger partial charge in [0.1, 0.15) is 5.60 Å². The van der Waals surface area contributed by atoms with Crippen molar-refractivity contribution in [3.05, 3.63) is 41.2 Å². The van der Waals surface area contributed by atoms with E-state index in [1.54, 1.807) is 20.3 Å². The lowest BCUT2D eigenvalue weighted by atomic mass is 9.91. The van der Waals surface area contributed by atoms with Crippen LogP contribution in [0.5, 0.6) is 5.95 Å². The number of ether oxygens (including phenoxy) is 2. The predicted octanol–water partition coefficient (Wildman–Crippen LogP) is 4.10. The fourth-order valence-corrected chi connectivity index (χ4v) is 3.58. The van der Waals surface area contributed by atoms with E-state index >= 15 is 0 Å². The van der Waals surface area contributed by atoms with Crippen LogP contribution in [-0.4, -0.2) is 41.1 Å². The maximum Gasteiger partial charge on any atom is 0.306 e. The highest BCUT2D eigenvalue weighted by Crippen LogP contribution is 2.32. The summed E-state index contributed by atoms with van der Waals surface area (Å²) in [6.07, 6.45) is 8.78. The molecule has 1 aliphatic heterocycles. The smallest absolute Gasteiger partial charge is 0.306 e. The van der Waals surface area contributed by atoms with Crippen LogP contribution in [0.4, 0.5) is 0 Å². The molecule has 162 valence electrons. The molecule has 6 nitrogen and oxygen atoms in total. The van der Waals surface area contributed by atoms with Gasteiger partial charge in [-0.15, -0.1) is 0 Å². The number of aryl methyl sites for hydroxylation is 1. The highest BCUT2D eigenvalue weighted by atomic mass is 16.6. The van der Waals surface area contributed by atoms with Gasteiger partial charge in [0.15, 0.2) is 0 Å². The summed E-state index contributed by atoms with van der Waals surface area (Å²) >= 11 is 0. The van der Waals surface area contributed by atoms with E-state index in [2.05, 4.69) is 6.08 Å². The Labute approximate surface area is 173 Å².